The van der Waals surface area contributed by atoms with Gasteiger partial charge in [0.2, 0.25) is 0 Å². The molecule has 2 heterocycles. The van der Waals surface area contributed by atoms with Gasteiger partial charge in [0.05, 0.1) is 18.8 Å². The third-order valence-electron chi connectivity index (χ3n) is 12.5. The minimum absolute atomic E-state index is 0.0412. The van der Waals surface area contributed by atoms with Crippen molar-refractivity contribution in [3.8, 4) is 0 Å². The Kier molecular flexibility index (Phi) is 13.8. The van der Waals surface area contributed by atoms with Crippen molar-refractivity contribution in [1.29, 1.82) is 0 Å². The lowest BCUT2D eigenvalue weighted by Gasteiger charge is -2.42. The lowest BCUT2D eigenvalue weighted by atomic mass is 9.89. The van der Waals surface area contributed by atoms with Gasteiger partial charge in [0, 0.05) is 24.2 Å². The normalized spacial score (nSPS) is 19.9. The van der Waals surface area contributed by atoms with Crippen LogP contribution in [0.3, 0.4) is 0 Å². The van der Waals surface area contributed by atoms with Crippen LogP contribution in [0.15, 0.2) is 109 Å². The first-order chi connectivity index (χ1) is 27.4. The number of hydrogen-bond acceptors (Lipinski definition) is 4. The molecule has 6 rings (SSSR count). The van der Waals surface area contributed by atoms with Crippen molar-refractivity contribution >= 4 is 44.7 Å². The van der Waals surface area contributed by atoms with E-state index in [4.69, 9.17) is 20.5 Å². The van der Waals surface area contributed by atoms with Gasteiger partial charge in [0.1, 0.15) is 28.8 Å². The molecule has 0 saturated carbocycles. The van der Waals surface area contributed by atoms with Gasteiger partial charge in [0.15, 0.2) is 16.6 Å². The first kappa shape index (κ1) is 46.2. The maximum absolute atomic E-state index is 14.6. The van der Waals surface area contributed by atoms with Crippen molar-refractivity contribution in [2.24, 2.45) is 0 Å². The maximum atomic E-state index is 14.6. The highest BCUT2D eigenvalue weighted by molar-refractivity contribution is 6.74. The van der Waals surface area contributed by atoms with Crippen LogP contribution in [-0.4, -0.2) is 53.2 Å². The smallest absolute Gasteiger partial charge is 0.317 e. The van der Waals surface area contributed by atoms with Crippen LogP contribution in [0.25, 0.3) is 11.1 Å². The second kappa shape index (κ2) is 17.6. The molecule has 0 saturated heterocycles. The summed E-state index contributed by atoms with van der Waals surface area (Å²) in [5, 5.41) is 2.89. The van der Waals surface area contributed by atoms with Crippen molar-refractivity contribution in [2.75, 3.05) is 26.3 Å². The highest BCUT2D eigenvalue weighted by Crippen LogP contribution is 2.45. The molecule has 12 heteroatoms. The summed E-state index contributed by atoms with van der Waals surface area (Å²) in [4.78, 5) is 14.0. The fourth-order valence-corrected chi connectivity index (χ4v) is 8.95. The first-order valence-electron chi connectivity index (χ1n) is 19.9. The Hall–Kier alpha value is -3.85. The molecule has 2 aliphatic rings. The van der Waals surface area contributed by atoms with Gasteiger partial charge in [-0.1, -0.05) is 108 Å². The molecule has 0 spiro atoms. The van der Waals surface area contributed by atoms with E-state index in [1.807, 2.05) is 66.7 Å². The van der Waals surface area contributed by atoms with Crippen LogP contribution < -0.4 is 5.32 Å². The Morgan fingerprint density at radius 3 is 1.61 bits per heavy atom. The third-order valence-corrected chi connectivity index (χ3v) is 21.6. The topological polar surface area (TPSA) is 50.8 Å². The van der Waals surface area contributed by atoms with Gasteiger partial charge in [-0.25, -0.2) is 17.6 Å². The second-order valence-corrected chi connectivity index (χ2v) is 28.4. The van der Waals surface area contributed by atoms with E-state index in [1.165, 1.54) is 17.0 Å². The molecule has 2 aliphatic heterocycles. The van der Waals surface area contributed by atoms with Crippen molar-refractivity contribution < 1.29 is 31.2 Å². The van der Waals surface area contributed by atoms with Crippen LogP contribution in [0, 0.1) is 23.3 Å². The molecule has 1 amide bonds. The predicted molar refractivity (Wildman–Crippen MR) is 237 cm³/mol. The zero-order chi connectivity index (χ0) is 43.6. The van der Waals surface area contributed by atoms with E-state index in [1.54, 1.807) is 6.08 Å². The summed E-state index contributed by atoms with van der Waals surface area (Å²) in [7, 11) is -4.16. The number of nitrogens with one attached hydrogen (secondary N) is 1. The zero-order valence-corrected chi connectivity index (χ0v) is 38.5. The Balaban J connectivity index is 0.000000225. The SMILES string of the molecule is CC(C)(C)[Si](C)(C)OC[C@@]1(c2ccccc2)C=C(c2cc(F)ccc2F)CN1.CC(C)(C)[Si](C)(C)OC[C@@]1(c2ccccc2)C=C(c2cc(F)ccc2F)CN1C(=O)Cl. The molecule has 59 heavy (non-hydrogen) atoms. The molecule has 4 aromatic carbocycles. The average Bonchev–Trinajstić information content (AvgIpc) is 3.79. The van der Waals surface area contributed by atoms with Crippen LogP contribution in [-0.2, 0) is 19.9 Å². The number of halogens is 5. The molecular weight excluding hydrogens is 808 g/mol. The Labute approximate surface area is 354 Å². The number of carbonyl (C=O) groups excluding carboxylic acids is 1. The van der Waals surface area contributed by atoms with E-state index < -0.39 is 56.3 Å². The van der Waals surface area contributed by atoms with Gasteiger partial charge in [-0.05, 0) is 113 Å². The Morgan fingerprint density at radius 2 is 1.14 bits per heavy atom. The standard InChI is InChI=1S/C24H28ClF2NO2Si.C23H29F2NOSi/c1-23(2,3)31(4,5)30-16-24(18-9-7-6-8-10-18)14-17(15-28(24)22(25)29)20-13-19(26)11-12-21(20)27;1-22(2,3)28(4,5)27-16-23(18-9-7-6-8-10-18)14-17(15-26-23)20-13-19(24)11-12-21(20)25/h6-14H,15-16H2,1-5H3;6-14,26H,15-16H2,1-5H3/t24-;23-/m11/s1. The number of amides is 1. The molecule has 4 aromatic rings. The summed E-state index contributed by atoms with van der Waals surface area (Å²) >= 11 is 6.02. The number of benzene rings is 4. The molecule has 0 radical (unpaired) electrons. The monoisotopic (exact) mass is 864 g/mol. The van der Waals surface area contributed by atoms with Gasteiger partial charge >= 0.3 is 5.37 Å². The number of carbonyl (C=O) groups is 1. The zero-order valence-electron chi connectivity index (χ0n) is 35.8. The Morgan fingerprint density at radius 1 is 0.678 bits per heavy atom. The summed E-state index contributed by atoms with van der Waals surface area (Å²) in [6.07, 6.45) is 3.81. The van der Waals surface area contributed by atoms with E-state index in [2.05, 4.69) is 73.0 Å². The minimum Gasteiger partial charge on any atom is -0.414 e. The van der Waals surface area contributed by atoms with Gasteiger partial charge in [-0.15, -0.1) is 0 Å². The minimum atomic E-state index is -2.18. The van der Waals surface area contributed by atoms with E-state index in [0.717, 1.165) is 41.0 Å². The van der Waals surface area contributed by atoms with Crippen molar-refractivity contribution in [1.82, 2.24) is 10.2 Å². The second-order valence-electron chi connectivity index (χ2n) is 18.5. The van der Waals surface area contributed by atoms with Gasteiger partial charge in [-0.3, -0.25) is 10.1 Å². The fourth-order valence-electron chi connectivity index (χ4n) is 6.70. The lowest BCUT2D eigenvalue weighted by molar-refractivity contribution is 0.120. The number of nitrogens with zero attached hydrogens (tertiary/aromatic N) is 1. The van der Waals surface area contributed by atoms with E-state index >= 15 is 0 Å². The molecular formula is C47H57ClF4N2O3Si2. The van der Waals surface area contributed by atoms with Crippen LogP contribution in [0.4, 0.5) is 22.4 Å². The fraction of sp³-hybridized carbons (Fsp3) is 0.383. The van der Waals surface area contributed by atoms with Crippen LogP contribution in [0.5, 0.6) is 0 Å². The number of hydrogen-bond donors (Lipinski definition) is 1. The molecule has 0 unspecified atom stereocenters. The van der Waals surface area contributed by atoms with E-state index in [9.17, 15) is 22.4 Å². The average molecular weight is 866 g/mol. The van der Waals surface area contributed by atoms with Crippen LogP contribution in [0.1, 0.15) is 63.8 Å². The molecule has 0 aliphatic carbocycles. The van der Waals surface area contributed by atoms with Crippen molar-refractivity contribution in [3.05, 3.63) is 155 Å². The lowest BCUT2D eigenvalue weighted by Crippen LogP contribution is -2.51. The molecule has 2 atom stereocenters. The van der Waals surface area contributed by atoms with E-state index in [0.29, 0.717) is 24.3 Å². The van der Waals surface area contributed by atoms with Crippen molar-refractivity contribution in [2.45, 2.75) is 88.9 Å². The van der Waals surface area contributed by atoms with Gasteiger partial charge in [-0.2, -0.15) is 0 Å². The quantitative estimate of drug-likeness (QED) is 0.0747. The summed E-state index contributed by atoms with van der Waals surface area (Å²) in [5.41, 5.74) is 1.93. The van der Waals surface area contributed by atoms with Crippen LogP contribution >= 0.6 is 11.6 Å². The third kappa shape index (κ3) is 10.2. The largest absolute Gasteiger partial charge is 0.414 e. The van der Waals surface area contributed by atoms with Gasteiger partial charge in [0.25, 0.3) is 0 Å². The van der Waals surface area contributed by atoms with Crippen molar-refractivity contribution in [3.63, 3.8) is 0 Å². The summed E-state index contributed by atoms with van der Waals surface area (Å²) < 4.78 is 69.6. The predicted octanol–water partition coefficient (Wildman–Crippen LogP) is 12.8. The molecule has 1 N–H and O–H groups in total. The molecule has 0 aromatic heterocycles. The first-order valence-corrected chi connectivity index (χ1v) is 26.1. The summed E-state index contributed by atoms with van der Waals surface area (Å²) in [6.45, 7) is 22.9. The summed E-state index contributed by atoms with van der Waals surface area (Å²) in [5.74, 6) is -1.95. The summed E-state index contributed by atoms with van der Waals surface area (Å²) in [6, 6.07) is 26.3. The highest BCUT2D eigenvalue weighted by Gasteiger charge is 2.48. The molecule has 5 nitrogen and oxygen atoms in total. The Bertz CT molecular complexity index is 2190. The molecule has 316 valence electrons. The number of rotatable bonds is 10. The molecule has 0 bridgehead atoms. The van der Waals surface area contributed by atoms with E-state index in [-0.39, 0.29) is 28.8 Å². The maximum Gasteiger partial charge on any atom is 0.317 e. The molecule has 0 fully saturated rings. The van der Waals surface area contributed by atoms with Crippen LogP contribution in [0.2, 0.25) is 36.3 Å². The van der Waals surface area contributed by atoms with Gasteiger partial charge < -0.3 is 13.8 Å². The highest BCUT2D eigenvalue weighted by atomic mass is 35.5.